The van der Waals surface area contributed by atoms with Crippen LogP contribution in [-0.2, 0) is 9.59 Å². The van der Waals surface area contributed by atoms with Crippen LogP contribution in [-0.4, -0.2) is 11.6 Å². The molecular weight excluding hydrogens is 248 g/mol. The van der Waals surface area contributed by atoms with Gasteiger partial charge in [0.25, 0.3) is 0 Å². The van der Waals surface area contributed by atoms with Crippen LogP contribution < -0.4 is 0 Å². The van der Waals surface area contributed by atoms with Gasteiger partial charge in [0.15, 0.2) is 11.6 Å². The van der Waals surface area contributed by atoms with E-state index in [0.29, 0.717) is 0 Å². The van der Waals surface area contributed by atoms with Gasteiger partial charge in [-0.15, -0.1) is 13.2 Å². The molecule has 0 aromatic rings. The molecule has 20 heavy (non-hydrogen) atoms. The molecule has 0 spiro atoms. The first kappa shape index (κ1) is 14.7. The van der Waals surface area contributed by atoms with Crippen molar-refractivity contribution in [1.29, 1.82) is 0 Å². The Morgan fingerprint density at radius 2 is 1.30 bits per heavy atom. The molecule has 2 aliphatic rings. The molecule has 2 heteroatoms. The summed E-state index contributed by atoms with van der Waals surface area (Å²) in [5.41, 5.74) is 0. The van der Waals surface area contributed by atoms with Crippen LogP contribution in [0.4, 0.5) is 0 Å². The van der Waals surface area contributed by atoms with Crippen LogP contribution in [0.25, 0.3) is 0 Å². The van der Waals surface area contributed by atoms with Crippen molar-refractivity contribution >= 4 is 11.6 Å². The first-order valence-corrected chi connectivity index (χ1v) is 7.31. The molecule has 0 fully saturated rings. The lowest BCUT2D eigenvalue weighted by molar-refractivity contribution is -0.132. The van der Waals surface area contributed by atoms with Gasteiger partial charge in [0.05, 0.1) is 0 Å². The van der Waals surface area contributed by atoms with Gasteiger partial charge >= 0.3 is 0 Å². The van der Waals surface area contributed by atoms with Crippen LogP contribution in [0.15, 0.2) is 49.6 Å². The molecule has 0 bridgehead atoms. The molecular formula is C18H22O2. The van der Waals surface area contributed by atoms with Crippen LogP contribution in [0, 0.1) is 23.7 Å². The fraction of sp³-hybridized carbons (Fsp3) is 0.444. The second-order valence-corrected chi connectivity index (χ2v) is 5.70. The second-order valence-electron chi connectivity index (χ2n) is 5.70. The van der Waals surface area contributed by atoms with Crippen molar-refractivity contribution in [3.05, 3.63) is 49.6 Å². The van der Waals surface area contributed by atoms with Gasteiger partial charge in [-0.3, -0.25) is 9.59 Å². The Bertz CT molecular complexity index is 426. The van der Waals surface area contributed by atoms with Crippen molar-refractivity contribution < 1.29 is 9.59 Å². The molecule has 2 nitrogen and oxygen atoms in total. The maximum atomic E-state index is 12.4. The Hall–Kier alpha value is -1.70. The SMILES string of the molecule is C=CC[C@@H]1CC=CC(=O)C1[C@@H]1C(=O)C=CC[C@H]1CC=C. The molecule has 0 saturated carbocycles. The van der Waals surface area contributed by atoms with E-state index in [9.17, 15) is 9.59 Å². The largest absolute Gasteiger partial charge is 0.295 e. The molecule has 0 aromatic heterocycles. The number of rotatable bonds is 5. The second kappa shape index (κ2) is 6.65. The molecule has 4 atom stereocenters. The Kier molecular flexibility index (Phi) is 4.89. The lowest BCUT2D eigenvalue weighted by Crippen LogP contribution is -2.41. The summed E-state index contributed by atoms with van der Waals surface area (Å²) in [6.45, 7) is 7.57. The molecule has 1 unspecified atom stereocenters. The number of carbonyl (C=O) groups is 2. The maximum Gasteiger partial charge on any atom is 0.159 e. The first-order valence-electron chi connectivity index (χ1n) is 7.31. The van der Waals surface area contributed by atoms with E-state index in [-0.39, 0.29) is 35.2 Å². The van der Waals surface area contributed by atoms with Crippen molar-refractivity contribution in [2.75, 3.05) is 0 Å². The van der Waals surface area contributed by atoms with Gasteiger partial charge in [0.1, 0.15) is 0 Å². The number of hydrogen-bond donors (Lipinski definition) is 0. The van der Waals surface area contributed by atoms with Crippen LogP contribution >= 0.6 is 0 Å². The summed E-state index contributed by atoms with van der Waals surface area (Å²) in [5, 5.41) is 0. The van der Waals surface area contributed by atoms with Crippen LogP contribution in [0.5, 0.6) is 0 Å². The third-order valence-corrected chi connectivity index (χ3v) is 4.44. The van der Waals surface area contributed by atoms with Crippen LogP contribution in [0.3, 0.4) is 0 Å². The summed E-state index contributed by atoms with van der Waals surface area (Å²) in [7, 11) is 0. The van der Waals surface area contributed by atoms with Crippen LogP contribution in [0.1, 0.15) is 25.7 Å². The lowest BCUT2D eigenvalue weighted by atomic mass is 9.64. The van der Waals surface area contributed by atoms with Crippen molar-refractivity contribution in [3.8, 4) is 0 Å². The molecule has 0 N–H and O–H groups in total. The molecule has 106 valence electrons. The zero-order valence-corrected chi connectivity index (χ0v) is 11.8. The minimum atomic E-state index is -0.194. The molecule has 2 aliphatic carbocycles. The van der Waals surface area contributed by atoms with E-state index in [1.165, 1.54) is 0 Å². The molecule has 0 amide bonds. The van der Waals surface area contributed by atoms with Crippen molar-refractivity contribution in [2.45, 2.75) is 25.7 Å². The topological polar surface area (TPSA) is 34.1 Å². The van der Waals surface area contributed by atoms with E-state index in [1.54, 1.807) is 12.2 Å². The number of hydrogen-bond acceptors (Lipinski definition) is 2. The van der Waals surface area contributed by atoms with Gasteiger partial charge in [-0.25, -0.2) is 0 Å². The van der Waals surface area contributed by atoms with E-state index in [1.807, 2.05) is 24.3 Å². The monoisotopic (exact) mass is 270 g/mol. The predicted molar refractivity (Wildman–Crippen MR) is 81.1 cm³/mol. The van der Waals surface area contributed by atoms with Gasteiger partial charge in [-0.1, -0.05) is 24.3 Å². The molecule has 0 radical (unpaired) electrons. The summed E-state index contributed by atoms with van der Waals surface area (Å²) in [4.78, 5) is 24.7. The Balaban J connectivity index is 2.32. The van der Waals surface area contributed by atoms with Crippen LogP contribution in [0.2, 0.25) is 0 Å². The molecule has 0 aromatic carbocycles. The highest BCUT2D eigenvalue weighted by Crippen LogP contribution is 2.40. The number of carbonyl (C=O) groups excluding carboxylic acids is 2. The van der Waals surface area contributed by atoms with Gasteiger partial charge < -0.3 is 0 Å². The standard InChI is InChI=1S/C18H22O2/c1-3-7-13-9-5-11-15(19)17(13)18-14(8-4-2)10-6-12-16(18)20/h3-6,11-14,17-18H,1-2,7-10H2/t13-,14-,17+,18?/m1/s1. The minimum Gasteiger partial charge on any atom is -0.295 e. The Labute approximate surface area is 120 Å². The van der Waals surface area contributed by atoms with Gasteiger partial charge in [0, 0.05) is 11.8 Å². The third-order valence-electron chi connectivity index (χ3n) is 4.44. The third kappa shape index (κ3) is 2.90. The number of allylic oxidation sites excluding steroid dienone is 6. The zero-order chi connectivity index (χ0) is 14.5. The van der Waals surface area contributed by atoms with Gasteiger partial charge in [-0.05, 0) is 49.7 Å². The normalized spacial score (nSPS) is 33.2. The smallest absolute Gasteiger partial charge is 0.159 e. The Morgan fingerprint density at radius 3 is 1.65 bits per heavy atom. The van der Waals surface area contributed by atoms with Crippen molar-refractivity contribution in [1.82, 2.24) is 0 Å². The highest BCUT2D eigenvalue weighted by molar-refractivity contribution is 6.00. The first-order chi connectivity index (χ1) is 9.69. The lowest BCUT2D eigenvalue weighted by Gasteiger charge is -2.37. The summed E-state index contributed by atoms with van der Waals surface area (Å²) in [6, 6.07) is 0. The molecule has 2 rings (SSSR count). The van der Waals surface area contributed by atoms with Gasteiger partial charge in [-0.2, -0.15) is 0 Å². The quantitative estimate of drug-likeness (QED) is 0.714. The predicted octanol–water partition coefficient (Wildman–Crippen LogP) is 3.66. The average Bonchev–Trinajstić information content (AvgIpc) is 2.42. The van der Waals surface area contributed by atoms with E-state index in [2.05, 4.69) is 13.2 Å². The fourth-order valence-corrected chi connectivity index (χ4v) is 3.55. The fourth-order valence-electron chi connectivity index (χ4n) is 3.55. The van der Waals surface area contributed by atoms with E-state index in [0.717, 1.165) is 25.7 Å². The molecule has 0 saturated heterocycles. The zero-order valence-electron chi connectivity index (χ0n) is 11.8. The summed E-state index contributed by atoms with van der Waals surface area (Å²) in [5.74, 6) is 0.230. The van der Waals surface area contributed by atoms with E-state index < -0.39 is 0 Å². The van der Waals surface area contributed by atoms with Gasteiger partial charge in [0.2, 0.25) is 0 Å². The highest BCUT2D eigenvalue weighted by Gasteiger charge is 2.42. The maximum absolute atomic E-state index is 12.4. The Morgan fingerprint density at radius 1 is 0.900 bits per heavy atom. The number of ketones is 2. The summed E-state index contributed by atoms with van der Waals surface area (Å²) >= 11 is 0. The van der Waals surface area contributed by atoms with Crippen molar-refractivity contribution in [2.24, 2.45) is 23.7 Å². The highest BCUT2D eigenvalue weighted by atomic mass is 16.1. The molecule has 0 aliphatic heterocycles. The summed E-state index contributed by atoms with van der Waals surface area (Å²) < 4.78 is 0. The summed E-state index contributed by atoms with van der Waals surface area (Å²) in [6.07, 6.45) is 14.2. The average molecular weight is 270 g/mol. The molecule has 0 heterocycles. The van der Waals surface area contributed by atoms with Crippen molar-refractivity contribution in [3.63, 3.8) is 0 Å². The van der Waals surface area contributed by atoms with E-state index >= 15 is 0 Å². The van der Waals surface area contributed by atoms with E-state index in [4.69, 9.17) is 0 Å². The minimum absolute atomic E-state index is 0.103.